The second kappa shape index (κ2) is 6.76. The summed E-state index contributed by atoms with van der Waals surface area (Å²) in [6.07, 6.45) is 2.34. The highest BCUT2D eigenvalue weighted by molar-refractivity contribution is 5.35. The van der Waals surface area contributed by atoms with Crippen LogP contribution in [-0.4, -0.2) is 26.9 Å². The maximum Gasteiger partial charge on any atom is 0.123 e. The van der Waals surface area contributed by atoms with Gasteiger partial charge in [-0.25, -0.2) is 0 Å². The number of ether oxygens (including phenoxy) is 2. The molecular formula is C15H23NO2. The van der Waals surface area contributed by atoms with Crippen LogP contribution in [0.5, 0.6) is 5.75 Å². The van der Waals surface area contributed by atoms with Crippen LogP contribution in [0.3, 0.4) is 0 Å². The molecule has 1 aliphatic rings. The van der Waals surface area contributed by atoms with Gasteiger partial charge in [-0.1, -0.05) is 18.2 Å². The van der Waals surface area contributed by atoms with Crippen LogP contribution >= 0.6 is 0 Å². The van der Waals surface area contributed by atoms with Crippen LogP contribution in [0.1, 0.15) is 31.4 Å². The molecule has 0 radical (unpaired) electrons. The van der Waals surface area contributed by atoms with Crippen molar-refractivity contribution in [1.29, 1.82) is 0 Å². The lowest BCUT2D eigenvalue weighted by atomic mass is 9.99. The van der Waals surface area contributed by atoms with Crippen LogP contribution in [0.15, 0.2) is 24.3 Å². The predicted octanol–water partition coefficient (Wildman–Crippen LogP) is 2.77. The third kappa shape index (κ3) is 3.47. The second-order valence-corrected chi connectivity index (χ2v) is 4.93. The Morgan fingerprint density at radius 1 is 1.33 bits per heavy atom. The van der Waals surface area contributed by atoms with E-state index in [1.807, 2.05) is 12.1 Å². The van der Waals surface area contributed by atoms with Crippen LogP contribution in [-0.2, 0) is 4.74 Å². The average molecular weight is 249 g/mol. The standard InChI is InChI=1S/C15H23NO2/c1-12(14-5-3-4-6-15(14)17-2)16-11-13-7-9-18-10-8-13/h3-6,12-13,16H,7-11H2,1-2H3/t12-/m0/s1. The summed E-state index contributed by atoms with van der Waals surface area (Å²) >= 11 is 0. The van der Waals surface area contributed by atoms with E-state index in [1.165, 1.54) is 18.4 Å². The molecule has 1 aliphatic heterocycles. The Morgan fingerprint density at radius 2 is 2.06 bits per heavy atom. The summed E-state index contributed by atoms with van der Waals surface area (Å²) in [6.45, 7) is 5.07. The summed E-state index contributed by atoms with van der Waals surface area (Å²) in [6, 6.07) is 8.53. The molecule has 0 saturated carbocycles. The first-order valence-electron chi connectivity index (χ1n) is 6.75. The van der Waals surface area contributed by atoms with E-state index in [0.717, 1.165) is 31.4 Å². The number of methoxy groups -OCH3 is 1. The van der Waals surface area contributed by atoms with Crippen LogP contribution in [0.4, 0.5) is 0 Å². The van der Waals surface area contributed by atoms with Gasteiger partial charge in [-0.2, -0.15) is 0 Å². The molecule has 0 aliphatic carbocycles. The van der Waals surface area contributed by atoms with Crippen molar-refractivity contribution in [1.82, 2.24) is 5.32 Å². The molecule has 0 bridgehead atoms. The minimum absolute atomic E-state index is 0.323. The van der Waals surface area contributed by atoms with E-state index < -0.39 is 0 Å². The minimum Gasteiger partial charge on any atom is -0.496 e. The number of hydrogen-bond donors (Lipinski definition) is 1. The smallest absolute Gasteiger partial charge is 0.123 e. The molecular weight excluding hydrogens is 226 g/mol. The molecule has 3 nitrogen and oxygen atoms in total. The van der Waals surface area contributed by atoms with Gasteiger partial charge in [0.2, 0.25) is 0 Å². The molecule has 1 heterocycles. The minimum atomic E-state index is 0.323. The molecule has 1 aromatic carbocycles. The predicted molar refractivity (Wildman–Crippen MR) is 73.0 cm³/mol. The quantitative estimate of drug-likeness (QED) is 0.870. The Hall–Kier alpha value is -1.06. The molecule has 0 aromatic heterocycles. The summed E-state index contributed by atoms with van der Waals surface area (Å²) in [4.78, 5) is 0. The van der Waals surface area contributed by atoms with Crippen molar-refractivity contribution in [3.05, 3.63) is 29.8 Å². The van der Waals surface area contributed by atoms with E-state index in [1.54, 1.807) is 7.11 Å². The van der Waals surface area contributed by atoms with Crippen molar-refractivity contribution in [2.24, 2.45) is 5.92 Å². The number of hydrogen-bond acceptors (Lipinski definition) is 3. The molecule has 18 heavy (non-hydrogen) atoms. The first kappa shape index (κ1) is 13.4. The fourth-order valence-electron chi connectivity index (χ4n) is 2.43. The lowest BCUT2D eigenvalue weighted by molar-refractivity contribution is 0.0656. The third-order valence-corrected chi connectivity index (χ3v) is 3.66. The highest BCUT2D eigenvalue weighted by Crippen LogP contribution is 2.25. The summed E-state index contributed by atoms with van der Waals surface area (Å²) in [5.41, 5.74) is 1.23. The first-order chi connectivity index (χ1) is 8.81. The van der Waals surface area contributed by atoms with Gasteiger partial charge in [0, 0.05) is 24.8 Å². The van der Waals surface area contributed by atoms with Crippen molar-refractivity contribution in [3.8, 4) is 5.75 Å². The molecule has 0 amide bonds. The SMILES string of the molecule is COc1ccccc1[C@H](C)NCC1CCOCC1. The average Bonchev–Trinajstić information content (AvgIpc) is 2.45. The van der Waals surface area contributed by atoms with Crippen molar-refractivity contribution in [3.63, 3.8) is 0 Å². The number of nitrogens with one attached hydrogen (secondary N) is 1. The monoisotopic (exact) mass is 249 g/mol. The Bertz CT molecular complexity index is 361. The normalized spacial score (nSPS) is 18.6. The zero-order valence-corrected chi connectivity index (χ0v) is 11.3. The van der Waals surface area contributed by atoms with E-state index in [-0.39, 0.29) is 0 Å². The molecule has 1 aromatic rings. The van der Waals surface area contributed by atoms with Crippen molar-refractivity contribution in [2.45, 2.75) is 25.8 Å². The van der Waals surface area contributed by atoms with E-state index in [9.17, 15) is 0 Å². The summed E-state index contributed by atoms with van der Waals surface area (Å²) in [7, 11) is 1.73. The molecule has 3 heteroatoms. The largest absolute Gasteiger partial charge is 0.496 e. The Morgan fingerprint density at radius 3 is 2.78 bits per heavy atom. The van der Waals surface area contributed by atoms with Crippen LogP contribution in [0.2, 0.25) is 0 Å². The molecule has 100 valence electrons. The fraction of sp³-hybridized carbons (Fsp3) is 0.600. The Balaban J connectivity index is 1.88. The van der Waals surface area contributed by atoms with E-state index in [4.69, 9.17) is 9.47 Å². The van der Waals surface area contributed by atoms with Gasteiger partial charge in [-0.15, -0.1) is 0 Å². The number of benzene rings is 1. The Labute approximate surface area is 109 Å². The molecule has 1 atom stereocenters. The van der Waals surface area contributed by atoms with Crippen LogP contribution < -0.4 is 10.1 Å². The van der Waals surface area contributed by atoms with Gasteiger partial charge in [0.25, 0.3) is 0 Å². The summed E-state index contributed by atoms with van der Waals surface area (Å²) < 4.78 is 10.8. The number of rotatable bonds is 5. The highest BCUT2D eigenvalue weighted by atomic mass is 16.5. The van der Waals surface area contributed by atoms with Gasteiger partial charge < -0.3 is 14.8 Å². The highest BCUT2D eigenvalue weighted by Gasteiger charge is 2.16. The number of para-hydroxylation sites is 1. The van der Waals surface area contributed by atoms with Gasteiger partial charge in [-0.3, -0.25) is 0 Å². The van der Waals surface area contributed by atoms with E-state index >= 15 is 0 Å². The van der Waals surface area contributed by atoms with Gasteiger partial charge >= 0.3 is 0 Å². The van der Waals surface area contributed by atoms with Crippen LogP contribution in [0, 0.1) is 5.92 Å². The van der Waals surface area contributed by atoms with Gasteiger partial charge in [0.05, 0.1) is 7.11 Å². The topological polar surface area (TPSA) is 30.5 Å². The third-order valence-electron chi connectivity index (χ3n) is 3.66. The first-order valence-corrected chi connectivity index (χ1v) is 6.75. The molecule has 0 unspecified atom stereocenters. The van der Waals surface area contributed by atoms with E-state index in [0.29, 0.717) is 6.04 Å². The Kier molecular flexibility index (Phi) is 5.02. The van der Waals surface area contributed by atoms with Gasteiger partial charge in [0.1, 0.15) is 5.75 Å². The van der Waals surface area contributed by atoms with Crippen LogP contribution in [0.25, 0.3) is 0 Å². The molecule has 1 saturated heterocycles. The van der Waals surface area contributed by atoms with Crippen molar-refractivity contribution in [2.75, 3.05) is 26.9 Å². The fourth-order valence-corrected chi connectivity index (χ4v) is 2.43. The second-order valence-electron chi connectivity index (χ2n) is 4.93. The van der Waals surface area contributed by atoms with Crippen molar-refractivity contribution < 1.29 is 9.47 Å². The van der Waals surface area contributed by atoms with Gasteiger partial charge in [0.15, 0.2) is 0 Å². The van der Waals surface area contributed by atoms with Crippen molar-refractivity contribution >= 4 is 0 Å². The van der Waals surface area contributed by atoms with E-state index in [2.05, 4.69) is 24.4 Å². The summed E-state index contributed by atoms with van der Waals surface area (Å²) in [5.74, 6) is 1.71. The lowest BCUT2D eigenvalue weighted by Gasteiger charge is -2.25. The lowest BCUT2D eigenvalue weighted by Crippen LogP contribution is -2.29. The molecule has 1 N–H and O–H groups in total. The molecule has 0 spiro atoms. The zero-order valence-electron chi connectivity index (χ0n) is 11.3. The molecule has 1 fully saturated rings. The maximum atomic E-state index is 5.40. The van der Waals surface area contributed by atoms with Gasteiger partial charge in [-0.05, 0) is 38.3 Å². The summed E-state index contributed by atoms with van der Waals surface area (Å²) in [5, 5.41) is 3.61. The maximum absolute atomic E-state index is 5.40. The molecule has 2 rings (SSSR count). The zero-order chi connectivity index (χ0) is 12.8.